The molecule has 0 fully saturated rings. The van der Waals surface area contributed by atoms with Gasteiger partial charge in [0.1, 0.15) is 11.6 Å². The van der Waals surface area contributed by atoms with Crippen molar-refractivity contribution in [1.82, 2.24) is 4.98 Å². The van der Waals surface area contributed by atoms with E-state index in [9.17, 15) is 4.79 Å². The SMILES string of the molecule is CC(=O)CCNc1ccc(I)cn1. The van der Waals surface area contributed by atoms with Crippen molar-refractivity contribution in [2.24, 2.45) is 0 Å². The fourth-order valence-electron chi connectivity index (χ4n) is 0.847. The maximum absolute atomic E-state index is 10.6. The number of aromatic nitrogens is 1. The van der Waals surface area contributed by atoms with Gasteiger partial charge < -0.3 is 5.32 Å². The Labute approximate surface area is 91.1 Å². The average molecular weight is 290 g/mol. The molecular weight excluding hydrogens is 279 g/mol. The second-order valence-electron chi connectivity index (χ2n) is 2.74. The quantitative estimate of drug-likeness (QED) is 0.863. The first-order valence-corrected chi connectivity index (χ1v) is 5.11. The molecule has 1 N–H and O–H groups in total. The zero-order valence-corrected chi connectivity index (χ0v) is 9.54. The van der Waals surface area contributed by atoms with Crippen LogP contribution in [-0.2, 0) is 4.79 Å². The summed E-state index contributed by atoms with van der Waals surface area (Å²) in [6.45, 7) is 2.24. The summed E-state index contributed by atoms with van der Waals surface area (Å²) in [4.78, 5) is 14.8. The molecule has 0 aromatic carbocycles. The van der Waals surface area contributed by atoms with E-state index in [1.165, 1.54) is 0 Å². The maximum atomic E-state index is 10.6. The molecule has 3 nitrogen and oxygen atoms in total. The van der Waals surface area contributed by atoms with Gasteiger partial charge in [0, 0.05) is 22.7 Å². The molecule has 0 aliphatic carbocycles. The predicted molar refractivity (Wildman–Crippen MR) is 60.7 cm³/mol. The van der Waals surface area contributed by atoms with E-state index in [4.69, 9.17) is 0 Å². The summed E-state index contributed by atoms with van der Waals surface area (Å²) in [5, 5.41) is 3.07. The van der Waals surface area contributed by atoms with Gasteiger partial charge in [0.25, 0.3) is 0 Å². The zero-order chi connectivity index (χ0) is 9.68. The third kappa shape index (κ3) is 4.21. The highest BCUT2D eigenvalue weighted by molar-refractivity contribution is 14.1. The van der Waals surface area contributed by atoms with Gasteiger partial charge >= 0.3 is 0 Å². The van der Waals surface area contributed by atoms with E-state index in [1.54, 1.807) is 13.1 Å². The molecule has 0 saturated heterocycles. The minimum absolute atomic E-state index is 0.193. The van der Waals surface area contributed by atoms with Crippen LogP contribution >= 0.6 is 22.6 Å². The Bertz CT molecular complexity index is 284. The number of hydrogen-bond acceptors (Lipinski definition) is 3. The highest BCUT2D eigenvalue weighted by Gasteiger charge is 1.94. The summed E-state index contributed by atoms with van der Waals surface area (Å²) in [5.74, 6) is 1.01. The van der Waals surface area contributed by atoms with Gasteiger partial charge in [-0.1, -0.05) is 0 Å². The number of pyridine rings is 1. The van der Waals surface area contributed by atoms with Crippen LogP contribution in [0.5, 0.6) is 0 Å². The van der Waals surface area contributed by atoms with Crippen LogP contribution in [0.1, 0.15) is 13.3 Å². The van der Waals surface area contributed by atoms with E-state index in [0.29, 0.717) is 13.0 Å². The van der Waals surface area contributed by atoms with E-state index < -0.39 is 0 Å². The number of nitrogens with zero attached hydrogens (tertiary/aromatic N) is 1. The fraction of sp³-hybridized carbons (Fsp3) is 0.333. The number of halogens is 1. The van der Waals surface area contributed by atoms with Crippen molar-refractivity contribution in [1.29, 1.82) is 0 Å². The summed E-state index contributed by atoms with van der Waals surface area (Å²) < 4.78 is 1.11. The predicted octanol–water partition coefficient (Wildman–Crippen LogP) is 2.08. The molecule has 0 aliphatic heterocycles. The third-order valence-electron chi connectivity index (χ3n) is 1.51. The largest absolute Gasteiger partial charge is 0.370 e. The smallest absolute Gasteiger partial charge is 0.131 e. The number of hydrogen-bond donors (Lipinski definition) is 1. The van der Waals surface area contributed by atoms with E-state index in [-0.39, 0.29) is 5.78 Å². The van der Waals surface area contributed by atoms with Crippen molar-refractivity contribution in [3.8, 4) is 0 Å². The highest BCUT2D eigenvalue weighted by Crippen LogP contribution is 2.06. The summed E-state index contributed by atoms with van der Waals surface area (Å²) in [6, 6.07) is 3.88. The summed E-state index contributed by atoms with van der Waals surface area (Å²) in [7, 11) is 0. The topological polar surface area (TPSA) is 42.0 Å². The molecule has 1 rings (SSSR count). The highest BCUT2D eigenvalue weighted by atomic mass is 127. The molecule has 0 spiro atoms. The number of anilines is 1. The molecule has 13 heavy (non-hydrogen) atoms. The molecule has 0 bridgehead atoms. The van der Waals surface area contributed by atoms with E-state index in [1.807, 2.05) is 12.1 Å². The van der Waals surface area contributed by atoms with Crippen LogP contribution in [0.25, 0.3) is 0 Å². The van der Waals surface area contributed by atoms with Gasteiger partial charge in [-0.2, -0.15) is 0 Å². The second-order valence-corrected chi connectivity index (χ2v) is 3.99. The number of rotatable bonds is 4. The Morgan fingerprint density at radius 1 is 1.62 bits per heavy atom. The second kappa shape index (κ2) is 5.16. The number of Topliss-reactive ketones (excluding diaryl/α,β-unsaturated/α-hetero) is 1. The summed E-state index contributed by atoms with van der Waals surface area (Å²) in [5.41, 5.74) is 0. The van der Waals surface area contributed by atoms with E-state index in [2.05, 4.69) is 32.9 Å². The fourth-order valence-corrected chi connectivity index (χ4v) is 1.17. The minimum atomic E-state index is 0.193. The average Bonchev–Trinajstić information content (AvgIpc) is 2.08. The van der Waals surface area contributed by atoms with Crippen LogP contribution in [0, 0.1) is 3.57 Å². The minimum Gasteiger partial charge on any atom is -0.370 e. The molecule has 1 aromatic rings. The Balaban J connectivity index is 2.37. The number of nitrogens with one attached hydrogen (secondary N) is 1. The van der Waals surface area contributed by atoms with Crippen LogP contribution < -0.4 is 5.32 Å². The number of ketones is 1. The van der Waals surface area contributed by atoms with Crippen LogP contribution in [0.3, 0.4) is 0 Å². The van der Waals surface area contributed by atoms with Gasteiger partial charge in [0.2, 0.25) is 0 Å². The maximum Gasteiger partial charge on any atom is 0.131 e. The lowest BCUT2D eigenvalue weighted by atomic mass is 10.3. The first-order chi connectivity index (χ1) is 6.18. The molecule has 0 saturated carbocycles. The zero-order valence-electron chi connectivity index (χ0n) is 7.38. The first kappa shape index (κ1) is 10.4. The molecule has 0 aliphatic rings. The monoisotopic (exact) mass is 290 g/mol. The van der Waals surface area contributed by atoms with Gasteiger partial charge in [-0.25, -0.2) is 4.98 Å². The molecule has 1 heterocycles. The molecule has 0 amide bonds. The van der Waals surface area contributed by atoms with Gasteiger partial charge in [0.05, 0.1) is 0 Å². The lowest BCUT2D eigenvalue weighted by Crippen LogP contribution is -2.06. The number of carbonyl (C=O) groups is 1. The van der Waals surface area contributed by atoms with Gasteiger partial charge in [0.15, 0.2) is 0 Å². The number of carbonyl (C=O) groups excluding carboxylic acids is 1. The van der Waals surface area contributed by atoms with Gasteiger partial charge in [-0.15, -0.1) is 0 Å². The first-order valence-electron chi connectivity index (χ1n) is 4.03. The van der Waals surface area contributed by atoms with Crippen molar-refractivity contribution < 1.29 is 4.79 Å². The molecule has 0 radical (unpaired) electrons. The third-order valence-corrected chi connectivity index (χ3v) is 2.15. The van der Waals surface area contributed by atoms with E-state index >= 15 is 0 Å². The molecular formula is C9H11IN2O. The summed E-state index contributed by atoms with van der Waals surface area (Å²) in [6.07, 6.45) is 2.34. The summed E-state index contributed by atoms with van der Waals surface area (Å²) >= 11 is 2.20. The normalized spacial score (nSPS) is 9.69. The Kier molecular flexibility index (Phi) is 4.14. The Morgan fingerprint density at radius 2 is 2.38 bits per heavy atom. The van der Waals surface area contributed by atoms with Crippen molar-refractivity contribution in [2.45, 2.75) is 13.3 Å². The van der Waals surface area contributed by atoms with Crippen molar-refractivity contribution >= 4 is 34.2 Å². The van der Waals surface area contributed by atoms with Gasteiger partial charge in [-0.3, -0.25) is 4.79 Å². The lowest BCUT2D eigenvalue weighted by molar-refractivity contribution is -0.116. The lowest BCUT2D eigenvalue weighted by Gasteiger charge is -2.02. The van der Waals surface area contributed by atoms with Crippen molar-refractivity contribution in [3.63, 3.8) is 0 Å². The Hall–Kier alpha value is -0.650. The molecule has 70 valence electrons. The molecule has 0 atom stereocenters. The standard InChI is InChI=1S/C9H11IN2O/c1-7(13)4-5-11-9-3-2-8(10)6-12-9/h2-3,6H,4-5H2,1H3,(H,11,12). The van der Waals surface area contributed by atoms with Crippen LogP contribution in [0.15, 0.2) is 18.3 Å². The molecule has 1 aromatic heterocycles. The Morgan fingerprint density at radius 3 is 2.92 bits per heavy atom. The van der Waals surface area contributed by atoms with Crippen LogP contribution in [-0.4, -0.2) is 17.3 Å². The van der Waals surface area contributed by atoms with Gasteiger partial charge in [-0.05, 0) is 41.6 Å². The molecule has 4 heteroatoms. The van der Waals surface area contributed by atoms with Crippen molar-refractivity contribution in [3.05, 3.63) is 21.9 Å². The van der Waals surface area contributed by atoms with Crippen LogP contribution in [0.4, 0.5) is 5.82 Å². The van der Waals surface area contributed by atoms with E-state index in [0.717, 1.165) is 9.39 Å². The van der Waals surface area contributed by atoms with Crippen molar-refractivity contribution in [2.75, 3.05) is 11.9 Å². The van der Waals surface area contributed by atoms with Crippen LogP contribution in [0.2, 0.25) is 0 Å². The molecule has 0 unspecified atom stereocenters.